The zero-order chi connectivity index (χ0) is 22.3. The van der Waals surface area contributed by atoms with Gasteiger partial charge in [0.2, 0.25) is 6.79 Å². The third-order valence-electron chi connectivity index (χ3n) is 5.77. The predicted molar refractivity (Wildman–Crippen MR) is 118 cm³/mol. The summed E-state index contributed by atoms with van der Waals surface area (Å²) < 4.78 is 38.3. The van der Waals surface area contributed by atoms with E-state index in [-0.39, 0.29) is 16.9 Å². The fraction of sp³-hybridized carbons (Fsp3) is 0.400. The Kier molecular flexibility index (Phi) is 5.52. The van der Waals surface area contributed by atoms with Crippen LogP contribution in [0.1, 0.15) is 24.8 Å². The number of hydrogen-bond donors (Lipinski definition) is 1. The van der Waals surface area contributed by atoms with E-state index in [0.717, 1.165) is 16.9 Å². The molecule has 0 bridgehead atoms. The van der Waals surface area contributed by atoms with Crippen molar-refractivity contribution < 1.29 is 27.5 Å². The number of sulfonamides is 1. The average molecular weight is 498 g/mol. The fourth-order valence-electron chi connectivity index (χ4n) is 3.94. The van der Waals surface area contributed by atoms with Crippen molar-refractivity contribution in [2.45, 2.75) is 35.6 Å². The van der Waals surface area contributed by atoms with Crippen LogP contribution in [0.15, 0.2) is 39.7 Å². The lowest BCUT2D eigenvalue weighted by molar-refractivity contribution is -0.115. The third-order valence-corrected chi connectivity index (χ3v) is 9.36. The van der Waals surface area contributed by atoms with Crippen LogP contribution in [0.3, 0.4) is 0 Å². The molecule has 1 aromatic heterocycles. The molecule has 1 amide bonds. The second kappa shape index (κ2) is 8.22. The Bertz CT molecular complexity index is 1190. The monoisotopic (exact) mass is 497 g/mol. The summed E-state index contributed by atoms with van der Waals surface area (Å²) in [5.41, 5.74) is 0.543. The number of amides is 1. The van der Waals surface area contributed by atoms with Crippen molar-refractivity contribution in [3.63, 3.8) is 0 Å². The molecule has 1 N–H and O–H groups in total. The summed E-state index contributed by atoms with van der Waals surface area (Å²) in [6.45, 7) is 1.09. The number of carbonyl (C=O) groups excluding carboxylic acids is 1. The van der Waals surface area contributed by atoms with Gasteiger partial charge >= 0.3 is 0 Å². The summed E-state index contributed by atoms with van der Waals surface area (Å²) >= 11 is 6.93. The van der Waals surface area contributed by atoms with Crippen LogP contribution in [-0.2, 0) is 26.2 Å². The molecule has 1 fully saturated rings. The molecule has 1 spiro atoms. The molecular weight excluding hydrogens is 478 g/mol. The first-order valence-corrected chi connectivity index (χ1v) is 12.7. The van der Waals surface area contributed by atoms with Gasteiger partial charge in [-0.25, -0.2) is 8.42 Å². The Labute approximate surface area is 193 Å². The van der Waals surface area contributed by atoms with E-state index in [4.69, 9.17) is 25.9 Å². The van der Waals surface area contributed by atoms with E-state index in [0.29, 0.717) is 60.4 Å². The number of benzene rings is 1. The van der Waals surface area contributed by atoms with Crippen molar-refractivity contribution in [2.24, 2.45) is 5.16 Å². The van der Waals surface area contributed by atoms with Crippen molar-refractivity contribution in [1.29, 1.82) is 0 Å². The molecule has 0 radical (unpaired) electrons. The summed E-state index contributed by atoms with van der Waals surface area (Å²) in [5, 5.41) is 6.86. The number of carbonyl (C=O) groups is 1. The normalized spacial score (nSPS) is 19.6. The largest absolute Gasteiger partial charge is 0.454 e. The Morgan fingerprint density at radius 1 is 1.19 bits per heavy atom. The van der Waals surface area contributed by atoms with Gasteiger partial charge in [0.15, 0.2) is 11.5 Å². The molecular formula is C20H20ClN3O6S2. The van der Waals surface area contributed by atoms with Crippen LogP contribution >= 0.6 is 22.9 Å². The van der Waals surface area contributed by atoms with Gasteiger partial charge in [-0.2, -0.15) is 4.31 Å². The minimum Gasteiger partial charge on any atom is -0.454 e. The number of halogens is 1. The second-order valence-electron chi connectivity index (χ2n) is 7.82. The zero-order valence-electron chi connectivity index (χ0n) is 16.9. The molecule has 9 nitrogen and oxygen atoms in total. The van der Waals surface area contributed by atoms with E-state index in [9.17, 15) is 13.2 Å². The highest BCUT2D eigenvalue weighted by Crippen LogP contribution is 2.37. The number of thiophene rings is 1. The highest BCUT2D eigenvalue weighted by molar-refractivity contribution is 7.91. The lowest BCUT2D eigenvalue weighted by atomic mass is 9.87. The number of nitrogens with zero attached hydrogens (tertiary/aromatic N) is 2. The topological polar surface area (TPSA) is 107 Å². The Hall–Kier alpha value is -2.34. The number of rotatable bonds is 5. The molecule has 4 heterocycles. The van der Waals surface area contributed by atoms with Gasteiger partial charge in [0, 0.05) is 38.9 Å². The van der Waals surface area contributed by atoms with Crippen molar-refractivity contribution in [2.75, 3.05) is 19.9 Å². The predicted octanol–water partition coefficient (Wildman–Crippen LogP) is 2.75. The molecule has 0 unspecified atom stereocenters. The van der Waals surface area contributed by atoms with Gasteiger partial charge in [-0.15, -0.1) is 11.3 Å². The van der Waals surface area contributed by atoms with Crippen molar-refractivity contribution >= 4 is 44.6 Å². The van der Waals surface area contributed by atoms with Crippen LogP contribution in [0, 0.1) is 0 Å². The molecule has 32 heavy (non-hydrogen) atoms. The maximum atomic E-state index is 12.8. The summed E-state index contributed by atoms with van der Waals surface area (Å²) in [7, 11) is -3.58. The highest BCUT2D eigenvalue weighted by Gasteiger charge is 2.46. The SMILES string of the molecule is O=C(NCc1ccc2c(c1)OCO2)C1=NOC2(CCN(S(=O)(=O)c3ccc(Cl)s3)CC2)C1. The first kappa shape index (κ1) is 21.5. The summed E-state index contributed by atoms with van der Waals surface area (Å²) in [6, 6.07) is 8.59. The number of nitrogens with one attached hydrogen (secondary N) is 1. The maximum Gasteiger partial charge on any atom is 0.269 e. The molecule has 3 aliphatic heterocycles. The number of fused-ring (bicyclic) bond motifs is 1. The summed E-state index contributed by atoms with van der Waals surface area (Å²) in [5.74, 6) is 1.04. The van der Waals surface area contributed by atoms with Crippen LogP contribution in [0.2, 0.25) is 4.34 Å². The van der Waals surface area contributed by atoms with Crippen LogP contribution in [-0.4, -0.2) is 49.8 Å². The molecule has 0 atom stereocenters. The molecule has 3 aliphatic rings. The van der Waals surface area contributed by atoms with Crippen LogP contribution in [0.25, 0.3) is 0 Å². The van der Waals surface area contributed by atoms with Crippen LogP contribution < -0.4 is 14.8 Å². The minimum atomic E-state index is -3.58. The van der Waals surface area contributed by atoms with Crippen molar-refractivity contribution in [1.82, 2.24) is 9.62 Å². The third kappa shape index (κ3) is 4.05. The van der Waals surface area contributed by atoms with E-state index in [1.54, 1.807) is 12.1 Å². The smallest absolute Gasteiger partial charge is 0.269 e. The number of oxime groups is 1. The van der Waals surface area contributed by atoms with Crippen LogP contribution in [0.5, 0.6) is 11.5 Å². The minimum absolute atomic E-state index is 0.196. The first-order valence-electron chi connectivity index (χ1n) is 10.0. The molecule has 170 valence electrons. The van der Waals surface area contributed by atoms with Gasteiger partial charge in [-0.1, -0.05) is 22.8 Å². The highest BCUT2D eigenvalue weighted by atomic mass is 35.5. The van der Waals surface area contributed by atoms with E-state index in [1.165, 1.54) is 10.4 Å². The molecule has 1 aromatic carbocycles. The van der Waals surface area contributed by atoms with Gasteiger partial charge < -0.3 is 19.6 Å². The maximum absolute atomic E-state index is 12.8. The summed E-state index contributed by atoms with van der Waals surface area (Å²) in [4.78, 5) is 18.2. The van der Waals surface area contributed by atoms with Gasteiger partial charge in [0.05, 0.1) is 4.34 Å². The quantitative estimate of drug-likeness (QED) is 0.680. The molecule has 0 aliphatic carbocycles. The lowest BCUT2D eigenvalue weighted by Crippen LogP contribution is -2.47. The average Bonchev–Trinajstić information content (AvgIpc) is 3.52. The standard InChI is InChI=1S/C20H20ClN3O6S2/c21-17-3-4-18(31-17)32(26,27)24-7-5-20(6-8-24)10-14(23-30-20)19(25)22-11-13-1-2-15-16(9-13)29-12-28-15/h1-4,9H,5-8,10-12H2,(H,22,25). The Balaban J connectivity index is 1.15. The number of piperidine rings is 1. The lowest BCUT2D eigenvalue weighted by Gasteiger charge is -2.36. The second-order valence-corrected chi connectivity index (χ2v) is 11.7. The molecule has 12 heteroatoms. The van der Waals surface area contributed by atoms with Crippen molar-refractivity contribution in [3.05, 3.63) is 40.2 Å². The summed E-state index contributed by atoms with van der Waals surface area (Å²) in [6.07, 6.45) is 1.25. The van der Waals surface area contributed by atoms with Gasteiger partial charge in [0.25, 0.3) is 15.9 Å². The Morgan fingerprint density at radius 2 is 1.97 bits per heavy atom. The fourth-order valence-corrected chi connectivity index (χ4v) is 7.02. The number of hydrogen-bond acceptors (Lipinski definition) is 8. The van der Waals surface area contributed by atoms with Crippen LogP contribution in [0.4, 0.5) is 0 Å². The van der Waals surface area contributed by atoms with E-state index >= 15 is 0 Å². The molecule has 2 aromatic rings. The van der Waals surface area contributed by atoms with Gasteiger partial charge in [-0.05, 0) is 29.8 Å². The molecule has 0 saturated carbocycles. The van der Waals surface area contributed by atoms with Gasteiger partial charge in [0.1, 0.15) is 15.5 Å². The molecule has 1 saturated heterocycles. The van der Waals surface area contributed by atoms with Crippen molar-refractivity contribution in [3.8, 4) is 11.5 Å². The Morgan fingerprint density at radius 3 is 2.72 bits per heavy atom. The van der Waals surface area contributed by atoms with Gasteiger partial charge in [-0.3, -0.25) is 4.79 Å². The van der Waals surface area contributed by atoms with E-state index in [1.807, 2.05) is 12.1 Å². The first-order chi connectivity index (χ1) is 15.3. The zero-order valence-corrected chi connectivity index (χ0v) is 19.3. The van der Waals surface area contributed by atoms with E-state index < -0.39 is 15.6 Å². The molecule has 5 rings (SSSR count). The van der Waals surface area contributed by atoms with E-state index in [2.05, 4.69) is 10.5 Å². The number of ether oxygens (including phenoxy) is 2.